The maximum absolute atomic E-state index is 15.6. The fourth-order valence-corrected chi connectivity index (χ4v) is 8.14. The molecule has 2 fully saturated rings. The highest BCUT2D eigenvalue weighted by Crippen LogP contribution is 2.46. The van der Waals surface area contributed by atoms with E-state index >= 15 is 4.39 Å². The van der Waals surface area contributed by atoms with Crippen molar-refractivity contribution in [2.45, 2.75) is 141 Å². The van der Waals surface area contributed by atoms with Gasteiger partial charge in [-0.05, 0) is 167 Å². The van der Waals surface area contributed by atoms with Gasteiger partial charge in [-0.2, -0.15) is 0 Å². The van der Waals surface area contributed by atoms with Crippen molar-refractivity contribution in [3.8, 4) is 0 Å². The number of unbranched alkanes of at least 4 members (excludes halogenated alkanes) is 2. The van der Waals surface area contributed by atoms with E-state index in [1.54, 1.807) is 7.11 Å². The third-order valence-electron chi connectivity index (χ3n) is 10.8. The molecule has 2 saturated carbocycles. The van der Waals surface area contributed by atoms with Crippen molar-refractivity contribution < 1.29 is 13.5 Å². The quantitative estimate of drug-likeness (QED) is 0.139. The highest BCUT2D eigenvalue weighted by Gasteiger charge is 2.32. The monoisotopic (exact) mass is 592 g/mol. The molecular weight excluding hydrogens is 534 g/mol. The van der Waals surface area contributed by atoms with Crippen LogP contribution in [-0.4, -0.2) is 13.7 Å². The Morgan fingerprint density at radius 2 is 1.49 bits per heavy atom. The first-order valence-corrected chi connectivity index (χ1v) is 17.6. The molecule has 0 aliphatic heterocycles. The Labute approximate surface area is 261 Å². The summed E-state index contributed by atoms with van der Waals surface area (Å²) in [6.45, 7) is 9.09. The van der Waals surface area contributed by atoms with Gasteiger partial charge < -0.3 is 4.74 Å². The van der Waals surface area contributed by atoms with Gasteiger partial charge in [-0.15, -0.1) is 6.58 Å². The van der Waals surface area contributed by atoms with E-state index in [-0.39, 0.29) is 11.6 Å². The SMILES string of the molecule is C=C(C)CCCC(CCCOC)c1ccc(C2CCC(C3CCC(c4ccc(CCCCC)c(F)c4)CC3)CC2)c(F)c1. The smallest absolute Gasteiger partial charge is 0.126 e. The number of rotatable bonds is 16. The van der Waals surface area contributed by atoms with Gasteiger partial charge in [-0.3, -0.25) is 0 Å². The van der Waals surface area contributed by atoms with Crippen LogP contribution < -0.4 is 0 Å². The van der Waals surface area contributed by atoms with Crippen molar-refractivity contribution in [1.29, 1.82) is 0 Å². The van der Waals surface area contributed by atoms with E-state index in [9.17, 15) is 4.39 Å². The fourth-order valence-electron chi connectivity index (χ4n) is 8.14. The van der Waals surface area contributed by atoms with Gasteiger partial charge in [0.1, 0.15) is 11.6 Å². The second-order valence-electron chi connectivity index (χ2n) is 14.0. The predicted molar refractivity (Wildman–Crippen MR) is 178 cm³/mol. The zero-order chi connectivity index (χ0) is 30.6. The lowest BCUT2D eigenvalue weighted by Crippen LogP contribution is -2.25. The third-order valence-corrected chi connectivity index (χ3v) is 10.8. The molecule has 1 unspecified atom stereocenters. The maximum Gasteiger partial charge on any atom is 0.126 e. The van der Waals surface area contributed by atoms with E-state index < -0.39 is 0 Å². The summed E-state index contributed by atoms with van der Waals surface area (Å²) in [5.74, 6) is 2.75. The van der Waals surface area contributed by atoms with Gasteiger partial charge in [-0.25, -0.2) is 8.78 Å². The average molecular weight is 593 g/mol. The molecule has 0 radical (unpaired) electrons. The summed E-state index contributed by atoms with van der Waals surface area (Å²) in [6.07, 6.45) is 19.0. The van der Waals surface area contributed by atoms with Gasteiger partial charge >= 0.3 is 0 Å². The summed E-state index contributed by atoms with van der Waals surface area (Å²) in [5.41, 5.74) is 5.39. The second kappa shape index (κ2) is 17.5. The van der Waals surface area contributed by atoms with E-state index in [2.05, 4.69) is 38.6 Å². The Kier molecular flexibility index (Phi) is 13.8. The van der Waals surface area contributed by atoms with E-state index in [0.717, 1.165) is 92.9 Å². The summed E-state index contributed by atoms with van der Waals surface area (Å²) in [5, 5.41) is 0. The van der Waals surface area contributed by atoms with Crippen molar-refractivity contribution in [2.24, 2.45) is 11.8 Å². The van der Waals surface area contributed by atoms with Gasteiger partial charge in [0, 0.05) is 13.7 Å². The number of hydrogen-bond acceptors (Lipinski definition) is 1. The molecule has 0 saturated heterocycles. The number of allylic oxidation sites excluding steroid dienone is 1. The lowest BCUT2D eigenvalue weighted by atomic mass is 9.67. The molecule has 4 rings (SSSR count). The zero-order valence-corrected chi connectivity index (χ0v) is 27.5. The Balaban J connectivity index is 1.27. The van der Waals surface area contributed by atoms with Crippen molar-refractivity contribution in [2.75, 3.05) is 13.7 Å². The van der Waals surface area contributed by atoms with Crippen molar-refractivity contribution in [3.05, 3.63) is 82.4 Å². The van der Waals surface area contributed by atoms with Gasteiger partial charge in [0.15, 0.2) is 0 Å². The topological polar surface area (TPSA) is 9.23 Å². The summed E-state index contributed by atoms with van der Waals surface area (Å²) in [7, 11) is 1.75. The van der Waals surface area contributed by atoms with E-state index in [1.165, 1.54) is 62.5 Å². The van der Waals surface area contributed by atoms with Crippen molar-refractivity contribution in [1.82, 2.24) is 0 Å². The number of benzene rings is 2. The molecule has 0 heterocycles. The molecule has 0 bridgehead atoms. The minimum absolute atomic E-state index is 0.00120. The Bertz CT molecular complexity index is 1120. The average Bonchev–Trinajstić information content (AvgIpc) is 3.01. The van der Waals surface area contributed by atoms with Gasteiger partial charge in [-0.1, -0.05) is 49.6 Å². The van der Waals surface area contributed by atoms with Crippen LogP contribution in [0.5, 0.6) is 0 Å². The second-order valence-corrected chi connectivity index (χ2v) is 14.0. The van der Waals surface area contributed by atoms with Crippen LogP contribution in [0.25, 0.3) is 0 Å². The molecule has 43 heavy (non-hydrogen) atoms. The van der Waals surface area contributed by atoms with Crippen molar-refractivity contribution in [3.63, 3.8) is 0 Å². The highest BCUT2D eigenvalue weighted by molar-refractivity contribution is 5.30. The number of hydrogen-bond donors (Lipinski definition) is 0. The number of ether oxygens (including phenoxy) is 1. The fraction of sp³-hybridized carbons (Fsp3) is 0.650. The molecule has 0 spiro atoms. The van der Waals surface area contributed by atoms with Crippen LogP contribution in [0.15, 0.2) is 48.6 Å². The molecule has 0 N–H and O–H groups in total. The summed E-state index contributed by atoms with van der Waals surface area (Å²) in [6, 6.07) is 12.2. The minimum atomic E-state index is -0.00120. The molecule has 2 aliphatic carbocycles. The predicted octanol–water partition coefficient (Wildman–Crippen LogP) is 12.2. The molecule has 2 aliphatic rings. The van der Waals surface area contributed by atoms with Crippen molar-refractivity contribution >= 4 is 0 Å². The van der Waals surface area contributed by atoms with Crippen LogP contribution in [0.3, 0.4) is 0 Å². The molecule has 0 aromatic heterocycles. The summed E-state index contributed by atoms with van der Waals surface area (Å²) >= 11 is 0. The minimum Gasteiger partial charge on any atom is -0.385 e. The van der Waals surface area contributed by atoms with Crippen LogP contribution in [0.2, 0.25) is 0 Å². The van der Waals surface area contributed by atoms with Gasteiger partial charge in [0.05, 0.1) is 0 Å². The van der Waals surface area contributed by atoms with Gasteiger partial charge in [0.2, 0.25) is 0 Å². The van der Waals surface area contributed by atoms with E-state index in [0.29, 0.717) is 17.8 Å². The molecule has 2 aromatic rings. The summed E-state index contributed by atoms with van der Waals surface area (Å²) < 4.78 is 35.6. The molecule has 2 aromatic carbocycles. The lowest BCUT2D eigenvalue weighted by molar-refractivity contribution is 0.176. The highest BCUT2D eigenvalue weighted by atomic mass is 19.1. The molecule has 1 nitrogen and oxygen atoms in total. The maximum atomic E-state index is 15.6. The van der Waals surface area contributed by atoms with Crippen LogP contribution in [0.1, 0.15) is 157 Å². The molecule has 3 heteroatoms. The van der Waals surface area contributed by atoms with Crippen LogP contribution in [-0.2, 0) is 11.2 Å². The normalized spacial score (nSPS) is 23.3. The zero-order valence-electron chi connectivity index (χ0n) is 27.5. The largest absolute Gasteiger partial charge is 0.385 e. The molecular formula is C40H58F2O. The van der Waals surface area contributed by atoms with Crippen LogP contribution in [0, 0.1) is 23.5 Å². The van der Waals surface area contributed by atoms with Crippen LogP contribution >= 0.6 is 0 Å². The third kappa shape index (κ3) is 10.0. The Hall–Kier alpha value is -2.00. The number of methoxy groups -OCH3 is 1. The van der Waals surface area contributed by atoms with E-state index in [4.69, 9.17) is 4.74 Å². The first-order chi connectivity index (χ1) is 20.9. The first kappa shape index (κ1) is 33.9. The standard InChI is InChI=1S/C40H58F2O/c1-5-6-7-11-35-22-23-36(27-39(35)41)33-16-14-31(15-17-33)32-18-20-34(21-19-32)38-25-24-37(28-40(38)42)30(13-9-26-43-4)12-8-10-29(2)3/h22-25,27-28,30-34H,2,5-21,26H2,1,3-4H3. The lowest BCUT2D eigenvalue weighted by Gasteiger charge is -2.38. The number of aryl methyl sites for hydroxylation is 1. The van der Waals surface area contributed by atoms with E-state index in [1.807, 2.05) is 18.2 Å². The number of halogens is 2. The van der Waals surface area contributed by atoms with Crippen LogP contribution in [0.4, 0.5) is 8.78 Å². The molecule has 1 atom stereocenters. The molecule has 0 amide bonds. The Morgan fingerprint density at radius 3 is 2.09 bits per heavy atom. The summed E-state index contributed by atoms with van der Waals surface area (Å²) in [4.78, 5) is 0. The van der Waals surface area contributed by atoms with Gasteiger partial charge in [0.25, 0.3) is 0 Å². The molecule has 238 valence electrons. The Morgan fingerprint density at radius 1 is 0.814 bits per heavy atom. The first-order valence-electron chi connectivity index (χ1n) is 17.6.